The van der Waals surface area contributed by atoms with Gasteiger partial charge < -0.3 is 5.73 Å². The van der Waals surface area contributed by atoms with Gasteiger partial charge in [0.05, 0.1) is 11.3 Å². The normalized spacial score (nSPS) is 21.6. The van der Waals surface area contributed by atoms with E-state index in [-0.39, 0.29) is 5.92 Å². The van der Waals surface area contributed by atoms with E-state index >= 15 is 0 Å². The van der Waals surface area contributed by atoms with E-state index in [0.29, 0.717) is 17.3 Å². The molecule has 1 aromatic heterocycles. The topological polar surface area (TPSA) is 60.9 Å². The van der Waals surface area contributed by atoms with Crippen LogP contribution in [-0.2, 0) is 7.05 Å². The minimum absolute atomic E-state index is 0.290. The molecule has 1 aromatic carbocycles. The van der Waals surface area contributed by atoms with E-state index in [0.717, 1.165) is 36.3 Å². The van der Waals surface area contributed by atoms with Crippen LogP contribution < -0.4 is 5.73 Å². The van der Waals surface area contributed by atoms with Crippen LogP contribution in [0.3, 0.4) is 0 Å². The monoisotopic (exact) mass is 303 g/mol. The highest BCUT2D eigenvalue weighted by Crippen LogP contribution is 2.44. The molecule has 1 aliphatic carbocycles. The molecular formula is C16H18ClN3O. The first kappa shape index (κ1) is 14.1. The fraction of sp³-hybridized carbons (Fsp3) is 0.375. The summed E-state index contributed by atoms with van der Waals surface area (Å²) in [7, 11) is 1.77. The van der Waals surface area contributed by atoms with Gasteiger partial charge in [-0.1, -0.05) is 23.7 Å². The van der Waals surface area contributed by atoms with Gasteiger partial charge in [0.15, 0.2) is 6.29 Å². The zero-order valence-electron chi connectivity index (χ0n) is 11.9. The molecule has 0 radical (unpaired) electrons. The molecule has 2 atom stereocenters. The number of rotatable bonds is 3. The van der Waals surface area contributed by atoms with Crippen molar-refractivity contribution in [3.8, 4) is 0 Å². The lowest BCUT2D eigenvalue weighted by molar-refractivity contribution is 0.112. The summed E-state index contributed by atoms with van der Waals surface area (Å²) in [6.07, 6.45) is 3.91. The fourth-order valence-corrected chi connectivity index (χ4v) is 3.49. The van der Waals surface area contributed by atoms with Gasteiger partial charge in [0.25, 0.3) is 0 Å². The van der Waals surface area contributed by atoms with Gasteiger partial charge in [0, 0.05) is 18.0 Å². The van der Waals surface area contributed by atoms with Gasteiger partial charge in [-0.2, -0.15) is 5.10 Å². The van der Waals surface area contributed by atoms with Crippen LogP contribution in [0, 0.1) is 0 Å². The number of nitrogen functional groups attached to an aromatic ring is 1. The molecule has 1 aliphatic rings. The summed E-state index contributed by atoms with van der Waals surface area (Å²) in [4.78, 5) is 11.3. The number of carbonyl (C=O) groups is 1. The number of nitrogens with two attached hydrogens (primary N) is 1. The van der Waals surface area contributed by atoms with Gasteiger partial charge in [-0.25, -0.2) is 0 Å². The highest BCUT2D eigenvalue weighted by atomic mass is 35.5. The predicted molar refractivity (Wildman–Crippen MR) is 83.8 cm³/mol. The summed E-state index contributed by atoms with van der Waals surface area (Å²) in [5, 5.41) is 5.21. The van der Waals surface area contributed by atoms with Crippen LogP contribution in [0.2, 0.25) is 5.02 Å². The minimum atomic E-state index is 0.290. The van der Waals surface area contributed by atoms with Gasteiger partial charge in [0.2, 0.25) is 0 Å². The van der Waals surface area contributed by atoms with Crippen molar-refractivity contribution in [2.75, 3.05) is 5.73 Å². The number of anilines is 1. The Kier molecular flexibility index (Phi) is 3.72. The van der Waals surface area contributed by atoms with E-state index < -0.39 is 0 Å². The molecule has 1 heterocycles. The Balaban J connectivity index is 1.84. The third kappa shape index (κ3) is 2.56. The Bertz CT molecular complexity index is 680. The maximum Gasteiger partial charge on any atom is 0.155 e. The number of nitrogens with zero attached hydrogens (tertiary/aromatic N) is 2. The van der Waals surface area contributed by atoms with Crippen LogP contribution in [0.15, 0.2) is 24.3 Å². The maximum absolute atomic E-state index is 11.3. The van der Waals surface area contributed by atoms with Crippen LogP contribution in [0.25, 0.3) is 0 Å². The van der Waals surface area contributed by atoms with E-state index in [1.807, 2.05) is 18.2 Å². The quantitative estimate of drug-likeness (QED) is 0.883. The molecule has 110 valence electrons. The van der Waals surface area contributed by atoms with Crippen molar-refractivity contribution < 1.29 is 4.79 Å². The Hall–Kier alpha value is -1.81. The molecule has 3 rings (SSSR count). The van der Waals surface area contributed by atoms with Crippen molar-refractivity contribution in [2.45, 2.75) is 31.1 Å². The molecule has 0 spiro atoms. The Morgan fingerprint density at radius 1 is 1.38 bits per heavy atom. The summed E-state index contributed by atoms with van der Waals surface area (Å²) >= 11 is 6.07. The largest absolute Gasteiger partial charge is 0.383 e. The van der Waals surface area contributed by atoms with Crippen molar-refractivity contribution in [1.82, 2.24) is 9.78 Å². The van der Waals surface area contributed by atoms with Gasteiger partial charge in [0.1, 0.15) is 5.82 Å². The number of halogens is 1. The molecule has 1 saturated carbocycles. The van der Waals surface area contributed by atoms with Crippen molar-refractivity contribution in [3.63, 3.8) is 0 Å². The van der Waals surface area contributed by atoms with Crippen molar-refractivity contribution in [1.29, 1.82) is 0 Å². The van der Waals surface area contributed by atoms with Gasteiger partial charge in [-0.05, 0) is 42.9 Å². The van der Waals surface area contributed by atoms with Crippen LogP contribution in [0.4, 0.5) is 5.82 Å². The van der Waals surface area contributed by atoms with E-state index in [1.165, 1.54) is 5.56 Å². The summed E-state index contributed by atoms with van der Waals surface area (Å²) in [5.41, 5.74) is 8.56. The number of aromatic nitrogens is 2. The van der Waals surface area contributed by atoms with Crippen LogP contribution >= 0.6 is 11.6 Å². The number of benzene rings is 1. The Morgan fingerprint density at radius 2 is 2.14 bits per heavy atom. The molecule has 0 aliphatic heterocycles. The van der Waals surface area contributed by atoms with E-state index in [9.17, 15) is 4.79 Å². The van der Waals surface area contributed by atoms with E-state index in [2.05, 4.69) is 11.2 Å². The fourth-order valence-electron chi connectivity index (χ4n) is 3.29. The molecule has 1 fully saturated rings. The zero-order valence-corrected chi connectivity index (χ0v) is 12.7. The zero-order chi connectivity index (χ0) is 15.0. The lowest BCUT2D eigenvalue weighted by Crippen LogP contribution is -2.00. The maximum atomic E-state index is 11.3. The molecular weight excluding hydrogens is 286 g/mol. The average molecular weight is 304 g/mol. The summed E-state index contributed by atoms with van der Waals surface area (Å²) in [6, 6.07) is 8.02. The standard InChI is InChI=1S/C16H18ClN3O/c1-20-16(18)14(9-21)15(19-20)12-6-5-11(7-12)10-3-2-4-13(17)8-10/h2-4,8-9,11-12H,5-7,18H2,1H3. The first-order valence-corrected chi connectivity index (χ1v) is 7.51. The molecule has 0 saturated heterocycles. The third-order valence-corrected chi connectivity index (χ3v) is 4.65. The highest BCUT2D eigenvalue weighted by molar-refractivity contribution is 6.30. The Labute approximate surface area is 128 Å². The number of aldehydes is 1. The van der Waals surface area contributed by atoms with Crippen LogP contribution in [0.1, 0.15) is 52.7 Å². The SMILES string of the molecule is Cn1nc(C2CCC(c3cccc(Cl)c3)C2)c(C=O)c1N. The van der Waals surface area contributed by atoms with Crippen LogP contribution in [0.5, 0.6) is 0 Å². The van der Waals surface area contributed by atoms with Crippen molar-refractivity contribution >= 4 is 23.7 Å². The number of carbonyl (C=O) groups excluding carboxylic acids is 1. The average Bonchev–Trinajstić information content (AvgIpc) is 3.05. The molecule has 2 aromatic rings. The molecule has 2 unspecified atom stereocenters. The highest BCUT2D eigenvalue weighted by Gasteiger charge is 2.31. The summed E-state index contributed by atoms with van der Waals surface area (Å²) < 4.78 is 1.59. The third-order valence-electron chi connectivity index (χ3n) is 4.42. The second-order valence-corrected chi connectivity index (χ2v) is 6.12. The number of hydrogen-bond acceptors (Lipinski definition) is 3. The summed E-state index contributed by atoms with van der Waals surface area (Å²) in [6.45, 7) is 0. The number of hydrogen-bond donors (Lipinski definition) is 1. The second-order valence-electron chi connectivity index (χ2n) is 5.69. The minimum Gasteiger partial charge on any atom is -0.383 e. The second kappa shape index (κ2) is 5.53. The predicted octanol–water partition coefficient (Wildman–Crippen LogP) is 3.52. The summed E-state index contributed by atoms with van der Waals surface area (Å²) in [5.74, 6) is 1.21. The molecule has 0 bridgehead atoms. The first-order valence-electron chi connectivity index (χ1n) is 7.13. The molecule has 21 heavy (non-hydrogen) atoms. The van der Waals surface area contributed by atoms with Crippen molar-refractivity contribution in [2.24, 2.45) is 7.05 Å². The Morgan fingerprint density at radius 3 is 2.86 bits per heavy atom. The van der Waals surface area contributed by atoms with Gasteiger partial charge in [-0.15, -0.1) is 0 Å². The lowest BCUT2D eigenvalue weighted by Gasteiger charge is -2.11. The van der Waals surface area contributed by atoms with E-state index in [1.54, 1.807) is 11.7 Å². The van der Waals surface area contributed by atoms with Crippen molar-refractivity contribution in [3.05, 3.63) is 46.1 Å². The van der Waals surface area contributed by atoms with Gasteiger partial charge >= 0.3 is 0 Å². The smallest absolute Gasteiger partial charge is 0.155 e. The van der Waals surface area contributed by atoms with E-state index in [4.69, 9.17) is 17.3 Å². The molecule has 5 heteroatoms. The lowest BCUT2D eigenvalue weighted by atomic mass is 9.94. The van der Waals surface area contributed by atoms with Crippen LogP contribution in [-0.4, -0.2) is 16.1 Å². The van der Waals surface area contributed by atoms with Gasteiger partial charge in [-0.3, -0.25) is 9.48 Å². The first-order chi connectivity index (χ1) is 10.1. The molecule has 2 N–H and O–H groups in total. The number of aryl methyl sites for hydroxylation is 1. The molecule has 0 amide bonds. The molecule has 4 nitrogen and oxygen atoms in total.